The van der Waals surface area contributed by atoms with Crippen LogP contribution in [-0.2, 0) is 17.8 Å². The van der Waals surface area contributed by atoms with Gasteiger partial charge in [0.1, 0.15) is 12.1 Å². The van der Waals surface area contributed by atoms with Crippen molar-refractivity contribution >= 4 is 45.4 Å². The molecule has 1 amide bonds. The highest BCUT2D eigenvalue weighted by Gasteiger charge is 2.19. The maximum absolute atomic E-state index is 12.0. The highest BCUT2D eigenvalue weighted by molar-refractivity contribution is 7.09. The van der Waals surface area contributed by atoms with Crippen LogP contribution in [0.3, 0.4) is 0 Å². The van der Waals surface area contributed by atoms with Gasteiger partial charge in [0, 0.05) is 37.8 Å². The molecule has 0 aliphatic carbocycles. The minimum absolute atomic E-state index is 0.299. The van der Waals surface area contributed by atoms with E-state index in [0.29, 0.717) is 44.1 Å². The molecule has 2 aromatic carbocycles. The molecule has 4 N–H and O–H groups in total. The van der Waals surface area contributed by atoms with Crippen LogP contribution < -0.4 is 16.4 Å². The van der Waals surface area contributed by atoms with Gasteiger partial charge in [-0.2, -0.15) is 0 Å². The summed E-state index contributed by atoms with van der Waals surface area (Å²) in [5.74, 6) is 1.21. The first-order valence-electron chi connectivity index (χ1n) is 12.3. The molecule has 38 heavy (non-hydrogen) atoms. The Morgan fingerprint density at radius 2 is 1.89 bits per heavy atom. The number of alkyl carbamates (subject to hydrolysis) is 1. The molecule has 0 radical (unpaired) electrons. The van der Waals surface area contributed by atoms with Crippen molar-refractivity contribution < 1.29 is 9.53 Å². The van der Waals surface area contributed by atoms with Crippen LogP contribution in [0.1, 0.15) is 18.1 Å². The fourth-order valence-electron chi connectivity index (χ4n) is 4.22. The van der Waals surface area contributed by atoms with Gasteiger partial charge in [-0.1, -0.05) is 54.6 Å². The zero-order chi connectivity index (χ0) is 26.5. The summed E-state index contributed by atoms with van der Waals surface area (Å²) in [6.45, 7) is 8.32. The molecule has 0 unspecified atom stereocenters. The molecule has 0 saturated heterocycles. The van der Waals surface area contributed by atoms with Gasteiger partial charge in [-0.05, 0) is 41.7 Å². The second-order valence-electron chi connectivity index (χ2n) is 9.05. The van der Waals surface area contributed by atoms with Gasteiger partial charge >= 0.3 is 6.09 Å². The number of benzene rings is 2. The van der Waals surface area contributed by atoms with Crippen LogP contribution >= 0.6 is 11.5 Å². The van der Waals surface area contributed by atoms with Gasteiger partial charge in [-0.15, -0.1) is 0 Å². The summed E-state index contributed by atoms with van der Waals surface area (Å²) >= 11 is 1.39. The Balaban J connectivity index is 1.32. The smallest absolute Gasteiger partial charge is 0.407 e. The average molecular weight is 528 g/mol. The first-order valence-corrected chi connectivity index (χ1v) is 13.1. The number of imidazole rings is 1. The lowest BCUT2D eigenvalue weighted by Crippen LogP contribution is -2.28. The molecule has 0 spiro atoms. The summed E-state index contributed by atoms with van der Waals surface area (Å²) in [6, 6.07) is 18.0. The van der Waals surface area contributed by atoms with Crippen LogP contribution in [0.2, 0.25) is 0 Å². The molecule has 0 bridgehead atoms. The second-order valence-corrected chi connectivity index (χ2v) is 9.88. The van der Waals surface area contributed by atoms with Crippen LogP contribution in [-0.4, -0.2) is 44.7 Å². The quantitative estimate of drug-likeness (QED) is 0.177. The van der Waals surface area contributed by atoms with E-state index in [1.54, 1.807) is 6.20 Å². The third-order valence-electron chi connectivity index (χ3n) is 6.01. The fraction of sp³-hybridized carbons (Fsp3) is 0.214. The topological polar surface area (TPSA) is 120 Å². The van der Waals surface area contributed by atoms with Crippen molar-refractivity contribution in [1.82, 2.24) is 29.5 Å². The largest absolute Gasteiger partial charge is 0.448 e. The molecule has 5 rings (SSSR count). The number of nitrogen functional groups attached to an aromatic ring is 1. The molecule has 194 valence electrons. The Morgan fingerprint density at radius 1 is 1.11 bits per heavy atom. The van der Waals surface area contributed by atoms with E-state index in [1.165, 1.54) is 11.5 Å². The maximum Gasteiger partial charge on any atom is 0.407 e. The second kappa shape index (κ2) is 11.4. The van der Waals surface area contributed by atoms with E-state index in [-0.39, 0.29) is 0 Å². The summed E-state index contributed by atoms with van der Waals surface area (Å²) in [6.07, 6.45) is 1.33. The van der Waals surface area contributed by atoms with Gasteiger partial charge in [-0.3, -0.25) is 0 Å². The number of fused-ring (bicyclic) bond motifs is 3. The van der Waals surface area contributed by atoms with E-state index in [4.69, 9.17) is 15.5 Å². The number of aromatic nitrogens is 4. The number of para-hydroxylation sites is 1. The number of hydrogen-bond acceptors (Lipinski definition) is 8. The minimum atomic E-state index is -0.441. The highest BCUT2D eigenvalue weighted by atomic mass is 32.1. The maximum atomic E-state index is 12.0. The van der Waals surface area contributed by atoms with Crippen LogP contribution in [0.15, 0.2) is 72.9 Å². The molecular formula is C28H29N7O2S. The summed E-state index contributed by atoms with van der Waals surface area (Å²) in [5.41, 5.74) is 11.9. The number of nitrogens with one attached hydrogen (secondary N) is 2. The number of amides is 1. The fourth-order valence-corrected chi connectivity index (χ4v) is 4.81. The van der Waals surface area contributed by atoms with E-state index >= 15 is 0 Å². The number of nitrogens with zero attached hydrogens (tertiary/aromatic N) is 4. The summed E-state index contributed by atoms with van der Waals surface area (Å²) in [5, 5.41) is 6.94. The summed E-state index contributed by atoms with van der Waals surface area (Å²) in [4.78, 5) is 22.4. The molecule has 0 fully saturated rings. The Hall–Kier alpha value is -4.28. The first kappa shape index (κ1) is 25.4. The van der Waals surface area contributed by atoms with Crippen molar-refractivity contribution in [2.45, 2.75) is 20.0 Å². The summed E-state index contributed by atoms with van der Waals surface area (Å²) < 4.78 is 11.7. The van der Waals surface area contributed by atoms with Crippen LogP contribution in [0.4, 0.5) is 10.6 Å². The molecule has 0 aliphatic heterocycles. The molecule has 0 saturated carbocycles. The van der Waals surface area contributed by atoms with Gasteiger partial charge in [0.05, 0.1) is 15.9 Å². The standard InChI is InChI=1S/C28H29N7O2S/c1-18(2)15-30-13-14-37-28(36)31-16-19-7-9-20(10-8-19)17-35-25-21-5-3-4-6-22(21)33-26(29)24(25)34-27(35)23-11-12-32-38-23/h3-12,30H,1,13-17H2,2H3,(H2,29,33)(H,31,36). The SMILES string of the molecule is C=C(C)CNCCOC(=O)NCc1ccc(Cn2c(-c3ccns3)nc3c(N)nc4ccccc4c32)cc1. The molecule has 3 heterocycles. The van der Waals surface area contributed by atoms with E-state index in [9.17, 15) is 4.79 Å². The van der Waals surface area contributed by atoms with Gasteiger partial charge in [0.2, 0.25) is 0 Å². The predicted octanol–water partition coefficient (Wildman–Crippen LogP) is 4.73. The van der Waals surface area contributed by atoms with Crippen LogP contribution in [0.25, 0.3) is 32.6 Å². The average Bonchev–Trinajstić information content (AvgIpc) is 3.57. The van der Waals surface area contributed by atoms with Crippen LogP contribution in [0, 0.1) is 0 Å². The number of carbonyl (C=O) groups excluding carboxylic acids is 1. The van der Waals surface area contributed by atoms with Crippen molar-refractivity contribution in [3.8, 4) is 10.7 Å². The van der Waals surface area contributed by atoms with Gasteiger partial charge in [0.15, 0.2) is 11.6 Å². The zero-order valence-corrected chi connectivity index (χ0v) is 21.9. The number of rotatable bonds is 10. The lowest BCUT2D eigenvalue weighted by atomic mass is 10.1. The van der Waals surface area contributed by atoms with E-state index in [2.05, 4.69) is 43.3 Å². The predicted molar refractivity (Wildman–Crippen MR) is 152 cm³/mol. The highest BCUT2D eigenvalue weighted by Crippen LogP contribution is 2.34. The molecule has 9 nitrogen and oxygen atoms in total. The molecule has 5 aromatic rings. The number of hydrogen-bond donors (Lipinski definition) is 3. The van der Waals surface area contributed by atoms with Crippen LogP contribution in [0.5, 0.6) is 0 Å². The van der Waals surface area contributed by atoms with Gasteiger partial charge < -0.3 is 25.7 Å². The molecular weight excluding hydrogens is 498 g/mol. The zero-order valence-electron chi connectivity index (χ0n) is 21.1. The van der Waals surface area contributed by atoms with Crippen molar-refractivity contribution in [2.75, 3.05) is 25.4 Å². The normalized spacial score (nSPS) is 11.2. The monoisotopic (exact) mass is 527 g/mol. The Kier molecular flexibility index (Phi) is 7.62. The van der Waals surface area contributed by atoms with Gasteiger partial charge in [0.25, 0.3) is 0 Å². The molecule has 0 atom stereocenters. The number of ether oxygens (including phenoxy) is 1. The first-order chi connectivity index (χ1) is 18.5. The lowest BCUT2D eigenvalue weighted by Gasteiger charge is -2.11. The van der Waals surface area contributed by atoms with E-state index in [0.717, 1.165) is 43.8 Å². The Labute approximate surface area is 224 Å². The number of carbonyl (C=O) groups is 1. The van der Waals surface area contributed by atoms with E-state index in [1.807, 2.05) is 49.4 Å². The Bertz CT molecular complexity index is 1580. The van der Waals surface area contributed by atoms with Crippen molar-refractivity contribution in [3.05, 3.63) is 84.1 Å². The summed E-state index contributed by atoms with van der Waals surface area (Å²) in [7, 11) is 0. The van der Waals surface area contributed by atoms with Gasteiger partial charge in [-0.25, -0.2) is 19.1 Å². The molecule has 3 aromatic heterocycles. The van der Waals surface area contributed by atoms with Crippen molar-refractivity contribution in [2.24, 2.45) is 0 Å². The third kappa shape index (κ3) is 5.66. The molecule has 0 aliphatic rings. The minimum Gasteiger partial charge on any atom is -0.448 e. The number of anilines is 1. The van der Waals surface area contributed by atoms with E-state index < -0.39 is 6.09 Å². The Morgan fingerprint density at radius 3 is 2.66 bits per heavy atom. The van der Waals surface area contributed by atoms with Crippen molar-refractivity contribution in [3.63, 3.8) is 0 Å². The lowest BCUT2D eigenvalue weighted by molar-refractivity contribution is 0.146. The van der Waals surface area contributed by atoms with Crippen molar-refractivity contribution in [1.29, 1.82) is 0 Å². The third-order valence-corrected chi connectivity index (χ3v) is 6.75. The number of pyridine rings is 1. The number of nitrogens with two attached hydrogens (primary N) is 1. The molecule has 10 heteroatoms.